The molecule has 27 heavy (non-hydrogen) atoms. The van der Waals surface area contributed by atoms with Crippen molar-refractivity contribution in [3.63, 3.8) is 0 Å². The molecule has 134 valence electrons. The Morgan fingerprint density at radius 3 is 2.19 bits per heavy atom. The minimum Gasteiger partial charge on any atom is -0.274 e. The van der Waals surface area contributed by atoms with E-state index >= 15 is 0 Å². The third-order valence-corrected chi connectivity index (χ3v) is 5.80. The van der Waals surface area contributed by atoms with Crippen molar-refractivity contribution in [1.82, 2.24) is 10.0 Å². The number of imide groups is 1. The number of carbonyl (C=O) groups excluding carboxylic acids is 2. The number of benzene rings is 2. The second-order valence-corrected chi connectivity index (χ2v) is 7.18. The van der Waals surface area contributed by atoms with Crippen LogP contribution in [0.25, 0.3) is 0 Å². The van der Waals surface area contributed by atoms with Crippen molar-refractivity contribution in [2.24, 2.45) is 5.92 Å². The first-order valence-corrected chi connectivity index (χ1v) is 9.17. The van der Waals surface area contributed by atoms with Crippen LogP contribution in [0.2, 0.25) is 0 Å². The van der Waals surface area contributed by atoms with Crippen molar-refractivity contribution < 1.29 is 9.59 Å². The van der Waals surface area contributed by atoms with Crippen LogP contribution in [0.5, 0.6) is 0 Å². The Balaban J connectivity index is 1.58. The maximum absolute atomic E-state index is 13.3. The number of hydrogen-bond acceptors (Lipinski definition) is 5. The molecule has 0 aliphatic carbocycles. The van der Waals surface area contributed by atoms with Crippen LogP contribution in [0.3, 0.4) is 0 Å². The highest BCUT2D eigenvalue weighted by Gasteiger charge is 2.62. The monoisotopic (exact) mass is 358 g/mol. The van der Waals surface area contributed by atoms with E-state index < -0.39 is 12.0 Å². The molecule has 2 aromatic rings. The number of carbonyl (C=O) groups is 2. The number of nitriles is 1. The van der Waals surface area contributed by atoms with Crippen molar-refractivity contribution in [3.8, 4) is 6.07 Å². The Kier molecular flexibility index (Phi) is 3.61. The molecule has 0 N–H and O–H groups in total. The van der Waals surface area contributed by atoms with Gasteiger partial charge < -0.3 is 0 Å². The van der Waals surface area contributed by atoms with Crippen LogP contribution >= 0.6 is 0 Å². The number of fused-ring (bicyclic) bond motifs is 3. The molecule has 5 rings (SSSR count). The van der Waals surface area contributed by atoms with Gasteiger partial charge in [-0.1, -0.05) is 30.3 Å². The Morgan fingerprint density at radius 2 is 1.52 bits per heavy atom. The lowest BCUT2D eigenvalue weighted by Gasteiger charge is -2.29. The fraction of sp³-hybridized carbons (Fsp3) is 0.286. The second kappa shape index (κ2) is 6.02. The average molecular weight is 358 g/mol. The normalized spacial score (nSPS) is 27.7. The first-order valence-electron chi connectivity index (χ1n) is 9.17. The van der Waals surface area contributed by atoms with E-state index in [9.17, 15) is 9.59 Å². The summed E-state index contributed by atoms with van der Waals surface area (Å²) in [5.41, 5.74) is 2.20. The van der Waals surface area contributed by atoms with Gasteiger partial charge in [0.05, 0.1) is 29.3 Å². The van der Waals surface area contributed by atoms with E-state index in [2.05, 4.69) is 16.1 Å². The molecule has 3 aliphatic rings. The fourth-order valence-corrected chi connectivity index (χ4v) is 4.70. The molecule has 3 heterocycles. The largest absolute Gasteiger partial charge is 0.274 e. The van der Waals surface area contributed by atoms with E-state index in [1.165, 1.54) is 4.90 Å². The van der Waals surface area contributed by atoms with Crippen molar-refractivity contribution in [1.29, 1.82) is 5.26 Å². The van der Waals surface area contributed by atoms with E-state index in [0.717, 1.165) is 25.1 Å². The second-order valence-electron chi connectivity index (χ2n) is 7.18. The summed E-state index contributed by atoms with van der Waals surface area (Å²) in [6.45, 7) is 1.62. The molecular formula is C21H18N4O2. The zero-order valence-electron chi connectivity index (χ0n) is 14.7. The summed E-state index contributed by atoms with van der Waals surface area (Å²) in [5.74, 6) is -0.704. The first kappa shape index (κ1) is 16.2. The zero-order valence-corrected chi connectivity index (χ0v) is 14.7. The Hall–Kier alpha value is -3.01. The molecule has 0 spiro atoms. The summed E-state index contributed by atoms with van der Waals surface area (Å²) in [4.78, 5) is 27.9. The van der Waals surface area contributed by atoms with E-state index in [-0.39, 0.29) is 17.9 Å². The van der Waals surface area contributed by atoms with Gasteiger partial charge >= 0.3 is 0 Å². The van der Waals surface area contributed by atoms with Crippen LogP contribution in [0.4, 0.5) is 5.69 Å². The van der Waals surface area contributed by atoms with Gasteiger partial charge in [-0.05, 0) is 36.2 Å². The van der Waals surface area contributed by atoms with Gasteiger partial charge in [0.25, 0.3) is 5.91 Å². The molecule has 3 unspecified atom stereocenters. The standard InChI is InChI=1S/C21H18N4O2/c22-13-14-7-9-15(10-8-14)18-17-19(24-12-4-11-23(18)24)21(27)25(20(17)26)16-5-2-1-3-6-16/h1-3,5-10,17-19H,4,11-12H2. The molecule has 0 saturated carbocycles. The number of hydrogen-bond donors (Lipinski definition) is 0. The number of para-hydroxylation sites is 1. The summed E-state index contributed by atoms with van der Waals surface area (Å²) >= 11 is 0. The van der Waals surface area contributed by atoms with Crippen LogP contribution in [-0.4, -0.2) is 41.0 Å². The van der Waals surface area contributed by atoms with Gasteiger partial charge in [-0.25, -0.2) is 14.9 Å². The first-order chi connectivity index (χ1) is 13.2. The lowest BCUT2D eigenvalue weighted by molar-refractivity contribution is -0.126. The molecule has 0 bridgehead atoms. The molecular weight excluding hydrogens is 340 g/mol. The minimum atomic E-state index is -0.444. The van der Waals surface area contributed by atoms with Gasteiger partial charge in [0.15, 0.2) is 0 Å². The Bertz CT molecular complexity index is 950. The fourth-order valence-electron chi connectivity index (χ4n) is 4.70. The van der Waals surface area contributed by atoms with Gasteiger partial charge in [0.2, 0.25) is 5.91 Å². The zero-order chi connectivity index (χ0) is 18.5. The van der Waals surface area contributed by atoms with Crippen LogP contribution < -0.4 is 4.90 Å². The topological polar surface area (TPSA) is 67.6 Å². The highest BCUT2D eigenvalue weighted by atomic mass is 16.2. The summed E-state index contributed by atoms with van der Waals surface area (Å²) in [7, 11) is 0. The van der Waals surface area contributed by atoms with Gasteiger partial charge in [0, 0.05) is 13.1 Å². The smallest absolute Gasteiger partial charge is 0.253 e. The minimum absolute atomic E-state index is 0.139. The average Bonchev–Trinajstić information content (AvgIpc) is 3.35. The van der Waals surface area contributed by atoms with E-state index in [1.54, 1.807) is 24.3 Å². The van der Waals surface area contributed by atoms with Gasteiger partial charge in [-0.3, -0.25) is 9.59 Å². The predicted molar refractivity (Wildman–Crippen MR) is 98.1 cm³/mol. The van der Waals surface area contributed by atoms with Crippen LogP contribution in [-0.2, 0) is 9.59 Å². The highest BCUT2D eigenvalue weighted by molar-refractivity contribution is 6.24. The van der Waals surface area contributed by atoms with Gasteiger partial charge in [0.1, 0.15) is 6.04 Å². The summed E-state index contributed by atoms with van der Waals surface area (Å²) < 4.78 is 0. The maximum Gasteiger partial charge on any atom is 0.253 e. The molecule has 6 nitrogen and oxygen atoms in total. The molecule has 3 fully saturated rings. The van der Waals surface area contributed by atoms with Crippen molar-refractivity contribution >= 4 is 17.5 Å². The SMILES string of the molecule is N#Cc1ccc(C2C3C(=O)N(c4ccccc4)C(=O)C3N3CCCN23)cc1. The van der Waals surface area contributed by atoms with Gasteiger partial charge in [-0.2, -0.15) is 5.26 Å². The molecule has 3 aliphatic heterocycles. The third-order valence-electron chi connectivity index (χ3n) is 5.80. The molecule has 6 heteroatoms. The lowest BCUT2D eigenvalue weighted by atomic mass is 9.89. The molecule has 2 amide bonds. The third kappa shape index (κ3) is 2.26. The number of nitrogens with zero attached hydrogens (tertiary/aromatic N) is 4. The molecule has 3 atom stereocenters. The lowest BCUT2D eigenvalue weighted by Crippen LogP contribution is -2.44. The van der Waals surface area contributed by atoms with Crippen molar-refractivity contribution in [2.45, 2.75) is 18.5 Å². The molecule has 3 saturated heterocycles. The summed E-state index contributed by atoms with van der Waals surface area (Å²) in [6.07, 6.45) is 0.975. The molecule has 0 radical (unpaired) electrons. The van der Waals surface area contributed by atoms with Crippen LogP contribution in [0.1, 0.15) is 23.6 Å². The summed E-state index contributed by atoms with van der Waals surface area (Å²) in [6, 6.07) is 18.0. The quantitative estimate of drug-likeness (QED) is 0.769. The number of amides is 2. The molecule has 0 aromatic heterocycles. The van der Waals surface area contributed by atoms with Crippen LogP contribution in [0.15, 0.2) is 54.6 Å². The highest BCUT2D eigenvalue weighted by Crippen LogP contribution is 2.48. The number of rotatable bonds is 2. The van der Waals surface area contributed by atoms with Crippen molar-refractivity contribution in [2.75, 3.05) is 18.0 Å². The van der Waals surface area contributed by atoms with Gasteiger partial charge in [-0.15, -0.1) is 0 Å². The number of anilines is 1. The molecule has 2 aromatic carbocycles. The van der Waals surface area contributed by atoms with E-state index in [1.807, 2.05) is 30.3 Å². The maximum atomic E-state index is 13.3. The van der Waals surface area contributed by atoms with E-state index in [0.29, 0.717) is 11.3 Å². The summed E-state index contributed by atoms with van der Waals surface area (Å²) in [5, 5.41) is 13.3. The Labute approximate surface area is 157 Å². The van der Waals surface area contributed by atoms with E-state index in [4.69, 9.17) is 5.26 Å². The Morgan fingerprint density at radius 1 is 0.852 bits per heavy atom. The number of hydrazine groups is 1. The van der Waals surface area contributed by atoms with Crippen molar-refractivity contribution in [3.05, 3.63) is 65.7 Å². The van der Waals surface area contributed by atoms with Crippen LogP contribution in [0, 0.1) is 17.2 Å². The predicted octanol–water partition coefficient (Wildman–Crippen LogP) is 2.09.